The number of alkyl halides is 2. The molecule has 0 aromatic heterocycles. The number of nitro groups is 1. The van der Waals surface area contributed by atoms with E-state index in [0.29, 0.717) is 5.56 Å². The number of ketones is 1. The Kier molecular flexibility index (Phi) is 5.42. The number of nitro benzene ring substituents is 1. The van der Waals surface area contributed by atoms with Crippen molar-refractivity contribution in [2.45, 2.75) is 9.65 Å². The standard InChI is InChI=1S/C15H10Br2FNO3/c16-13(9-3-7-12(8-4-9)19(21)22)14(17)15(20)10-1-5-11(18)6-2-10/h1-8,13-14H/t13-,14-/m1/s1. The number of hydrogen-bond donors (Lipinski definition) is 0. The van der Waals surface area contributed by atoms with Crippen LogP contribution in [0.5, 0.6) is 0 Å². The van der Waals surface area contributed by atoms with E-state index >= 15 is 0 Å². The van der Waals surface area contributed by atoms with Gasteiger partial charge in [0.1, 0.15) is 5.82 Å². The SMILES string of the molecule is O=C(c1ccc(F)cc1)[C@H](Br)[C@H](Br)c1ccc([N+](=O)[O-])cc1. The number of nitrogens with zero attached hydrogens (tertiary/aromatic N) is 1. The van der Waals surface area contributed by atoms with Gasteiger partial charge in [-0.2, -0.15) is 0 Å². The number of rotatable bonds is 5. The van der Waals surface area contributed by atoms with Crippen LogP contribution in [-0.2, 0) is 0 Å². The molecule has 0 bridgehead atoms. The van der Waals surface area contributed by atoms with E-state index in [-0.39, 0.29) is 16.3 Å². The fraction of sp³-hybridized carbons (Fsp3) is 0.133. The lowest BCUT2D eigenvalue weighted by molar-refractivity contribution is -0.384. The summed E-state index contributed by atoms with van der Waals surface area (Å²) in [7, 11) is 0. The summed E-state index contributed by atoms with van der Waals surface area (Å²) in [5.41, 5.74) is 1.09. The van der Waals surface area contributed by atoms with Crippen molar-refractivity contribution in [3.05, 3.63) is 75.6 Å². The zero-order valence-electron chi connectivity index (χ0n) is 11.1. The molecule has 4 nitrogen and oxygen atoms in total. The van der Waals surface area contributed by atoms with Gasteiger partial charge in [0.05, 0.1) is 14.6 Å². The molecule has 2 atom stereocenters. The Morgan fingerprint density at radius 2 is 1.59 bits per heavy atom. The van der Waals surface area contributed by atoms with Crippen LogP contribution in [0, 0.1) is 15.9 Å². The third kappa shape index (κ3) is 3.78. The molecule has 0 saturated carbocycles. The van der Waals surface area contributed by atoms with E-state index in [4.69, 9.17) is 0 Å². The summed E-state index contributed by atoms with van der Waals surface area (Å²) in [5, 5.41) is 10.6. The van der Waals surface area contributed by atoms with E-state index in [0.717, 1.165) is 5.56 Å². The largest absolute Gasteiger partial charge is 0.293 e. The lowest BCUT2D eigenvalue weighted by atomic mass is 10.0. The smallest absolute Gasteiger partial charge is 0.269 e. The average molecular weight is 431 g/mol. The molecule has 7 heteroatoms. The first-order valence-corrected chi connectivity index (χ1v) is 8.05. The second-order valence-electron chi connectivity index (χ2n) is 4.52. The summed E-state index contributed by atoms with van der Waals surface area (Å²) in [6, 6.07) is 11.2. The molecular weight excluding hydrogens is 421 g/mol. The minimum atomic E-state index is -0.584. The number of Topliss-reactive ketones (excluding diaryl/α,β-unsaturated/α-hetero) is 1. The van der Waals surface area contributed by atoms with Crippen molar-refractivity contribution in [1.82, 2.24) is 0 Å². The van der Waals surface area contributed by atoms with Gasteiger partial charge in [-0.15, -0.1) is 0 Å². The molecule has 114 valence electrons. The second-order valence-corrected chi connectivity index (χ2v) is 6.50. The van der Waals surface area contributed by atoms with Crippen molar-refractivity contribution < 1.29 is 14.1 Å². The number of carbonyl (C=O) groups excluding carboxylic acids is 1. The van der Waals surface area contributed by atoms with Crippen LogP contribution >= 0.6 is 31.9 Å². The Morgan fingerprint density at radius 1 is 1.05 bits per heavy atom. The fourth-order valence-corrected chi connectivity index (χ4v) is 2.97. The first kappa shape index (κ1) is 16.8. The molecule has 2 aromatic carbocycles. The lowest BCUT2D eigenvalue weighted by Crippen LogP contribution is -2.19. The fourth-order valence-electron chi connectivity index (χ4n) is 1.86. The Hall–Kier alpha value is -1.60. The molecule has 2 rings (SSSR count). The Bertz CT molecular complexity index is 689. The maximum atomic E-state index is 12.9. The van der Waals surface area contributed by atoms with Crippen molar-refractivity contribution in [3.63, 3.8) is 0 Å². The van der Waals surface area contributed by atoms with Crippen molar-refractivity contribution in [3.8, 4) is 0 Å². The van der Waals surface area contributed by atoms with Crippen molar-refractivity contribution >= 4 is 43.3 Å². The summed E-state index contributed by atoms with van der Waals surface area (Å²) in [6.07, 6.45) is 0. The van der Waals surface area contributed by atoms with E-state index in [1.807, 2.05) is 0 Å². The van der Waals surface area contributed by atoms with Gasteiger partial charge in [0, 0.05) is 17.7 Å². The van der Waals surface area contributed by atoms with Crippen molar-refractivity contribution in [2.24, 2.45) is 0 Å². The Balaban J connectivity index is 2.17. The summed E-state index contributed by atoms with van der Waals surface area (Å²) < 4.78 is 12.9. The predicted molar refractivity (Wildman–Crippen MR) is 88.2 cm³/mol. The molecule has 0 heterocycles. The van der Waals surface area contributed by atoms with Crippen molar-refractivity contribution in [1.29, 1.82) is 0 Å². The molecule has 2 aromatic rings. The van der Waals surface area contributed by atoms with Gasteiger partial charge in [0.2, 0.25) is 0 Å². The molecule has 0 saturated heterocycles. The van der Waals surface area contributed by atoms with Gasteiger partial charge < -0.3 is 0 Å². The molecule has 0 spiro atoms. The van der Waals surface area contributed by atoms with Crippen LogP contribution in [0.25, 0.3) is 0 Å². The van der Waals surface area contributed by atoms with Crippen LogP contribution < -0.4 is 0 Å². The van der Waals surface area contributed by atoms with Gasteiger partial charge in [0.25, 0.3) is 5.69 Å². The predicted octanol–water partition coefficient (Wildman–Crippen LogP) is 4.82. The topological polar surface area (TPSA) is 60.2 Å². The highest BCUT2D eigenvalue weighted by Gasteiger charge is 2.26. The molecule has 0 amide bonds. The van der Waals surface area contributed by atoms with E-state index in [2.05, 4.69) is 31.9 Å². The molecule has 0 radical (unpaired) electrons. The third-order valence-electron chi connectivity index (χ3n) is 3.06. The number of non-ortho nitro benzene ring substituents is 1. The molecule has 0 fully saturated rings. The number of halogens is 3. The molecule has 0 aliphatic carbocycles. The van der Waals surface area contributed by atoms with Gasteiger partial charge in [-0.05, 0) is 29.8 Å². The summed E-state index contributed by atoms with van der Waals surface area (Å²) in [4.78, 5) is 21.5. The third-order valence-corrected chi connectivity index (χ3v) is 5.77. The van der Waals surface area contributed by atoms with E-state index in [1.54, 1.807) is 12.1 Å². The summed E-state index contributed by atoms with van der Waals surface area (Å²) in [6.45, 7) is 0. The van der Waals surface area contributed by atoms with E-state index in [1.165, 1.54) is 36.4 Å². The first-order chi connectivity index (χ1) is 10.4. The highest BCUT2D eigenvalue weighted by molar-refractivity contribution is 9.12. The van der Waals surface area contributed by atoms with E-state index < -0.39 is 15.6 Å². The molecule has 22 heavy (non-hydrogen) atoms. The van der Waals surface area contributed by atoms with Crippen LogP contribution in [0.2, 0.25) is 0 Å². The Labute approximate surface area is 142 Å². The summed E-state index contributed by atoms with van der Waals surface area (Å²) >= 11 is 6.74. The monoisotopic (exact) mass is 429 g/mol. The van der Waals surface area contributed by atoms with Gasteiger partial charge in [-0.25, -0.2) is 4.39 Å². The highest BCUT2D eigenvalue weighted by atomic mass is 79.9. The van der Waals surface area contributed by atoms with Crippen LogP contribution in [0.15, 0.2) is 48.5 Å². The van der Waals surface area contributed by atoms with Gasteiger partial charge >= 0.3 is 0 Å². The number of benzene rings is 2. The van der Waals surface area contributed by atoms with Crippen LogP contribution in [0.4, 0.5) is 10.1 Å². The quantitative estimate of drug-likeness (QED) is 0.296. The maximum Gasteiger partial charge on any atom is 0.269 e. The zero-order chi connectivity index (χ0) is 16.3. The maximum absolute atomic E-state index is 12.9. The average Bonchev–Trinajstić information content (AvgIpc) is 2.53. The van der Waals surface area contributed by atoms with Gasteiger partial charge in [0.15, 0.2) is 5.78 Å². The summed E-state index contributed by atoms with van der Waals surface area (Å²) in [5.74, 6) is -0.617. The molecular formula is C15H10Br2FNO3. The molecule has 0 unspecified atom stereocenters. The minimum Gasteiger partial charge on any atom is -0.293 e. The van der Waals surface area contributed by atoms with E-state index in [9.17, 15) is 19.3 Å². The second kappa shape index (κ2) is 7.11. The molecule has 0 aliphatic rings. The van der Waals surface area contributed by atoms with Crippen LogP contribution in [0.3, 0.4) is 0 Å². The van der Waals surface area contributed by atoms with Gasteiger partial charge in [-0.1, -0.05) is 44.0 Å². The van der Waals surface area contributed by atoms with Crippen LogP contribution in [0.1, 0.15) is 20.7 Å². The van der Waals surface area contributed by atoms with Crippen molar-refractivity contribution in [2.75, 3.05) is 0 Å². The van der Waals surface area contributed by atoms with Gasteiger partial charge in [-0.3, -0.25) is 14.9 Å². The highest BCUT2D eigenvalue weighted by Crippen LogP contribution is 2.34. The lowest BCUT2D eigenvalue weighted by Gasteiger charge is -2.16. The number of carbonyl (C=O) groups is 1. The minimum absolute atomic E-state index is 0.0144. The zero-order valence-corrected chi connectivity index (χ0v) is 14.3. The Morgan fingerprint density at radius 3 is 2.09 bits per heavy atom. The number of hydrogen-bond acceptors (Lipinski definition) is 3. The molecule has 0 aliphatic heterocycles. The normalized spacial score (nSPS) is 13.4. The first-order valence-electron chi connectivity index (χ1n) is 6.22. The molecule has 0 N–H and O–H groups in total. The van der Waals surface area contributed by atoms with Crippen LogP contribution in [-0.4, -0.2) is 15.5 Å².